The van der Waals surface area contributed by atoms with Gasteiger partial charge in [-0.05, 0) is 72.7 Å². The van der Waals surface area contributed by atoms with Crippen molar-refractivity contribution in [3.63, 3.8) is 0 Å². The minimum absolute atomic E-state index is 0.126. The summed E-state index contributed by atoms with van der Waals surface area (Å²) in [4.78, 5) is 23.4. The summed E-state index contributed by atoms with van der Waals surface area (Å²) in [5.41, 5.74) is 3.95. The van der Waals surface area contributed by atoms with E-state index in [9.17, 15) is 9.90 Å². The number of carboxylic acid groups (broad SMARTS) is 1. The van der Waals surface area contributed by atoms with Crippen LogP contribution >= 0.6 is 23.2 Å². The predicted molar refractivity (Wildman–Crippen MR) is 154 cm³/mol. The maximum atomic E-state index is 12.0. The van der Waals surface area contributed by atoms with E-state index >= 15 is 0 Å². The van der Waals surface area contributed by atoms with Gasteiger partial charge in [0.15, 0.2) is 0 Å². The van der Waals surface area contributed by atoms with Crippen molar-refractivity contribution in [1.82, 2.24) is 9.97 Å². The van der Waals surface area contributed by atoms with Crippen molar-refractivity contribution in [3.8, 4) is 5.75 Å². The van der Waals surface area contributed by atoms with E-state index in [1.807, 2.05) is 72.8 Å². The van der Waals surface area contributed by atoms with Gasteiger partial charge in [-0.15, -0.1) is 0 Å². The Morgan fingerprint density at radius 2 is 1.67 bits per heavy atom. The Morgan fingerprint density at radius 1 is 0.949 bits per heavy atom. The van der Waals surface area contributed by atoms with Gasteiger partial charge in [-0.2, -0.15) is 0 Å². The van der Waals surface area contributed by atoms with E-state index in [1.165, 1.54) is 6.20 Å². The molecule has 1 aliphatic heterocycles. The van der Waals surface area contributed by atoms with Crippen LogP contribution in [0.25, 0.3) is 0 Å². The SMILES string of the molecule is O=C(O)c1cnc(N2CCCC2c2ccc(Cl)cc2)nc1CCc1ccccc1OCCc1ccc(Cl)cc1. The third-order valence-electron chi connectivity index (χ3n) is 7.02. The second-order valence-corrected chi connectivity index (χ2v) is 10.4. The Kier molecular flexibility index (Phi) is 8.64. The largest absolute Gasteiger partial charge is 0.493 e. The van der Waals surface area contributed by atoms with E-state index in [1.54, 1.807) is 0 Å². The molecule has 0 radical (unpaired) electrons. The summed E-state index contributed by atoms with van der Waals surface area (Å²) in [5.74, 6) is 0.319. The number of rotatable bonds is 10. The first-order valence-electron chi connectivity index (χ1n) is 13.0. The number of aromatic nitrogens is 2. The highest BCUT2D eigenvalue weighted by molar-refractivity contribution is 6.30. The molecule has 2 heterocycles. The molecule has 1 saturated heterocycles. The summed E-state index contributed by atoms with van der Waals surface area (Å²) in [6.45, 7) is 1.33. The summed E-state index contributed by atoms with van der Waals surface area (Å²) in [7, 11) is 0. The summed E-state index contributed by atoms with van der Waals surface area (Å²) in [6.07, 6.45) is 5.22. The zero-order valence-corrected chi connectivity index (χ0v) is 22.9. The Balaban J connectivity index is 1.31. The highest BCUT2D eigenvalue weighted by Gasteiger charge is 2.29. The average Bonchev–Trinajstić information content (AvgIpc) is 3.44. The molecule has 4 aromatic rings. The van der Waals surface area contributed by atoms with E-state index in [2.05, 4.69) is 9.88 Å². The zero-order valence-electron chi connectivity index (χ0n) is 21.4. The van der Waals surface area contributed by atoms with Crippen LogP contribution in [0.1, 0.15) is 51.6 Å². The van der Waals surface area contributed by atoms with Crippen LogP contribution in [-0.4, -0.2) is 34.2 Å². The van der Waals surface area contributed by atoms with E-state index in [0.29, 0.717) is 41.1 Å². The molecule has 0 bridgehead atoms. The average molecular weight is 562 g/mol. The topological polar surface area (TPSA) is 75.5 Å². The fraction of sp³-hybridized carbons (Fsp3) is 0.258. The van der Waals surface area contributed by atoms with Crippen molar-refractivity contribution in [1.29, 1.82) is 0 Å². The van der Waals surface area contributed by atoms with Crippen molar-refractivity contribution in [2.24, 2.45) is 0 Å². The van der Waals surface area contributed by atoms with Gasteiger partial charge in [0, 0.05) is 29.2 Å². The standard InChI is InChI=1S/C31H29Cl2N3O3/c32-24-12-7-21(8-13-24)17-19-39-29-6-2-1-4-23(29)11-16-27-26(30(37)38)20-34-31(35-27)36-18-3-5-28(36)22-9-14-25(33)15-10-22/h1-2,4,6-10,12-15,20,28H,3,5,11,16-19H2,(H,37,38). The Labute approximate surface area is 238 Å². The Morgan fingerprint density at radius 3 is 2.41 bits per heavy atom. The van der Waals surface area contributed by atoms with Crippen LogP contribution < -0.4 is 9.64 Å². The number of hydrogen-bond acceptors (Lipinski definition) is 5. The maximum absolute atomic E-state index is 12.0. The first-order chi connectivity index (χ1) is 19.0. The number of benzene rings is 3. The molecule has 0 spiro atoms. The first kappa shape index (κ1) is 27.0. The van der Waals surface area contributed by atoms with E-state index < -0.39 is 5.97 Å². The second-order valence-electron chi connectivity index (χ2n) is 9.57. The molecule has 200 valence electrons. The third-order valence-corrected chi connectivity index (χ3v) is 7.52. The minimum atomic E-state index is -1.03. The van der Waals surface area contributed by atoms with E-state index in [0.717, 1.165) is 48.2 Å². The number of aromatic carboxylic acids is 1. The van der Waals surface area contributed by atoms with Gasteiger partial charge in [0.2, 0.25) is 5.95 Å². The number of anilines is 1. The van der Waals surface area contributed by atoms with Crippen LogP contribution in [0.5, 0.6) is 5.75 Å². The summed E-state index contributed by atoms with van der Waals surface area (Å²) >= 11 is 12.1. The number of ether oxygens (including phenoxy) is 1. The fourth-order valence-corrected chi connectivity index (χ4v) is 5.24. The quantitative estimate of drug-likeness (QED) is 0.220. The van der Waals surface area contributed by atoms with Gasteiger partial charge in [-0.25, -0.2) is 14.8 Å². The Bertz CT molecular complexity index is 1430. The van der Waals surface area contributed by atoms with Crippen LogP contribution in [0.15, 0.2) is 79.0 Å². The zero-order chi connectivity index (χ0) is 27.2. The van der Waals surface area contributed by atoms with Crippen LogP contribution in [0, 0.1) is 0 Å². The molecule has 5 rings (SSSR count). The van der Waals surface area contributed by atoms with Crippen LogP contribution in [0.2, 0.25) is 10.0 Å². The molecule has 1 unspecified atom stereocenters. The number of halogens is 2. The van der Waals surface area contributed by atoms with Gasteiger partial charge >= 0.3 is 5.97 Å². The number of carboxylic acids is 1. The molecule has 0 aliphatic carbocycles. The van der Waals surface area contributed by atoms with Gasteiger partial charge in [0.25, 0.3) is 0 Å². The van der Waals surface area contributed by atoms with Gasteiger partial charge < -0.3 is 14.7 Å². The molecule has 1 aliphatic rings. The molecule has 1 atom stereocenters. The normalized spacial score (nSPS) is 14.9. The van der Waals surface area contributed by atoms with Gasteiger partial charge in [-0.1, -0.05) is 65.7 Å². The smallest absolute Gasteiger partial charge is 0.339 e. The van der Waals surface area contributed by atoms with Gasteiger partial charge in [0.1, 0.15) is 5.75 Å². The van der Waals surface area contributed by atoms with Gasteiger partial charge in [0.05, 0.1) is 23.9 Å². The molecule has 8 heteroatoms. The molecular weight excluding hydrogens is 533 g/mol. The van der Waals surface area contributed by atoms with Crippen molar-refractivity contribution in [3.05, 3.63) is 117 Å². The molecule has 0 amide bonds. The minimum Gasteiger partial charge on any atom is -0.493 e. The number of carbonyl (C=O) groups is 1. The highest BCUT2D eigenvalue weighted by atomic mass is 35.5. The molecule has 39 heavy (non-hydrogen) atoms. The number of nitrogens with zero attached hydrogens (tertiary/aromatic N) is 3. The molecule has 3 aromatic carbocycles. The molecule has 1 aromatic heterocycles. The lowest BCUT2D eigenvalue weighted by atomic mass is 10.0. The fourth-order valence-electron chi connectivity index (χ4n) is 4.99. The summed E-state index contributed by atoms with van der Waals surface area (Å²) < 4.78 is 6.11. The molecule has 1 fully saturated rings. The lowest BCUT2D eigenvalue weighted by molar-refractivity contribution is 0.0694. The van der Waals surface area contributed by atoms with E-state index in [4.69, 9.17) is 32.9 Å². The number of hydrogen-bond donors (Lipinski definition) is 1. The lowest BCUT2D eigenvalue weighted by Crippen LogP contribution is -2.25. The molecule has 6 nitrogen and oxygen atoms in total. The van der Waals surface area contributed by atoms with Crippen molar-refractivity contribution >= 4 is 35.1 Å². The summed E-state index contributed by atoms with van der Waals surface area (Å²) in [6, 6.07) is 23.6. The van der Waals surface area contributed by atoms with Crippen molar-refractivity contribution in [2.75, 3.05) is 18.1 Å². The van der Waals surface area contributed by atoms with Crippen LogP contribution in [-0.2, 0) is 19.3 Å². The third kappa shape index (κ3) is 6.70. The molecule has 1 N–H and O–H groups in total. The van der Waals surface area contributed by atoms with Crippen molar-refractivity contribution < 1.29 is 14.6 Å². The predicted octanol–water partition coefficient (Wildman–Crippen LogP) is 7.23. The lowest BCUT2D eigenvalue weighted by Gasteiger charge is -2.25. The second kappa shape index (κ2) is 12.5. The van der Waals surface area contributed by atoms with Crippen LogP contribution in [0.3, 0.4) is 0 Å². The first-order valence-corrected chi connectivity index (χ1v) is 13.8. The van der Waals surface area contributed by atoms with Crippen molar-refractivity contribution in [2.45, 2.75) is 38.1 Å². The highest BCUT2D eigenvalue weighted by Crippen LogP contribution is 2.35. The number of aryl methyl sites for hydroxylation is 2. The van der Waals surface area contributed by atoms with Gasteiger partial charge in [-0.3, -0.25) is 0 Å². The maximum Gasteiger partial charge on any atom is 0.339 e. The monoisotopic (exact) mass is 561 g/mol. The number of para-hydroxylation sites is 1. The van der Waals surface area contributed by atoms with E-state index in [-0.39, 0.29) is 11.6 Å². The summed E-state index contributed by atoms with van der Waals surface area (Å²) in [5, 5.41) is 11.2. The Hall–Kier alpha value is -3.61. The molecule has 0 saturated carbocycles. The molecular formula is C31H29Cl2N3O3. The van der Waals surface area contributed by atoms with Crippen LogP contribution in [0.4, 0.5) is 5.95 Å².